The maximum Gasteiger partial charge on any atom is 0.411 e. The number of ether oxygens (including phenoxy) is 1. The van der Waals surface area contributed by atoms with E-state index in [4.69, 9.17) is 10.5 Å². The number of likely N-dealkylation sites (N-methyl/N-ethyl adjacent to an activating group) is 1. The number of phenols is 1. The third-order valence-corrected chi connectivity index (χ3v) is 8.14. The highest BCUT2D eigenvalue weighted by molar-refractivity contribution is 6.25. The predicted molar refractivity (Wildman–Crippen MR) is 154 cm³/mol. The smallest absolute Gasteiger partial charge is 0.411 e. The van der Waals surface area contributed by atoms with E-state index in [1.807, 2.05) is 20.8 Å². The highest BCUT2D eigenvalue weighted by atomic mass is 16.5. The van der Waals surface area contributed by atoms with Gasteiger partial charge < -0.3 is 40.9 Å². The minimum Gasteiger partial charge on any atom is -0.510 e. The van der Waals surface area contributed by atoms with Crippen LogP contribution in [0.2, 0.25) is 0 Å². The first-order valence-electron chi connectivity index (χ1n) is 13.6. The molecule has 1 aromatic carbocycles. The van der Waals surface area contributed by atoms with E-state index < -0.39 is 81.6 Å². The standard InChI is InChI=1S/C29H38N4O10/c1-28(2,3)10-43-27(41)31-13-9-14(32(4)5)11-8-12-16(22(36)15(11)21(13)35)24(38)29(42)18(20(12)34)19(33(6)7)23(37)17(25(29)39)26(30)40/h9,12,18-20,34-35,37-38,42H,8,10H2,1-7H3,(H2,30,40)(H,31,41)/t12-,18-,19+,20+,29+/m1/s1. The summed E-state index contributed by atoms with van der Waals surface area (Å²) < 4.78 is 5.23. The number of nitrogens with two attached hydrogens (primary N) is 1. The van der Waals surface area contributed by atoms with E-state index in [2.05, 4.69) is 5.32 Å². The molecule has 2 amide bonds. The molecule has 0 unspecified atom stereocenters. The number of hydrogen-bond acceptors (Lipinski definition) is 12. The summed E-state index contributed by atoms with van der Waals surface area (Å²) in [5.74, 6) is -9.24. The number of anilines is 2. The van der Waals surface area contributed by atoms with E-state index in [9.17, 15) is 44.7 Å². The van der Waals surface area contributed by atoms with Gasteiger partial charge in [0.25, 0.3) is 5.91 Å². The van der Waals surface area contributed by atoms with Crippen LogP contribution in [0.1, 0.15) is 36.7 Å². The quantitative estimate of drug-likeness (QED) is 0.183. The van der Waals surface area contributed by atoms with Crippen molar-refractivity contribution in [3.05, 3.63) is 39.9 Å². The maximum atomic E-state index is 14.1. The van der Waals surface area contributed by atoms with E-state index in [1.165, 1.54) is 25.1 Å². The number of fused-ring (bicyclic) bond motifs is 3. The lowest BCUT2D eigenvalue weighted by atomic mass is 9.57. The Kier molecular flexibility index (Phi) is 7.79. The van der Waals surface area contributed by atoms with Crippen molar-refractivity contribution in [3.63, 3.8) is 0 Å². The number of amides is 2. The molecule has 0 saturated carbocycles. The molecule has 3 aliphatic carbocycles. The highest BCUT2D eigenvalue weighted by Crippen LogP contribution is 2.54. The Hall–Kier alpha value is -4.14. The first kappa shape index (κ1) is 31.8. The molecular weight excluding hydrogens is 564 g/mol. The second kappa shape index (κ2) is 10.5. The van der Waals surface area contributed by atoms with Gasteiger partial charge in [0.2, 0.25) is 5.78 Å². The van der Waals surface area contributed by atoms with Crippen LogP contribution in [-0.2, 0) is 20.7 Å². The zero-order valence-electron chi connectivity index (χ0n) is 25.1. The number of carbonyl (C=O) groups excluding carboxylic acids is 4. The number of benzene rings is 1. The molecule has 1 aromatic rings. The Labute approximate surface area is 248 Å². The molecule has 14 heteroatoms. The second-order valence-electron chi connectivity index (χ2n) is 12.8. The predicted octanol–water partition coefficient (Wildman–Crippen LogP) is 0.752. The van der Waals surface area contributed by atoms with Gasteiger partial charge in [0.15, 0.2) is 17.1 Å². The number of nitrogens with zero attached hydrogens (tertiary/aromatic N) is 2. The zero-order chi connectivity index (χ0) is 32.5. The van der Waals surface area contributed by atoms with Crippen molar-refractivity contribution in [3.8, 4) is 5.75 Å². The van der Waals surface area contributed by atoms with Crippen LogP contribution in [0, 0.1) is 17.3 Å². The van der Waals surface area contributed by atoms with Gasteiger partial charge in [-0.25, -0.2) is 4.79 Å². The second-order valence-corrected chi connectivity index (χ2v) is 12.8. The summed E-state index contributed by atoms with van der Waals surface area (Å²) in [6, 6.07) is 0.0770. The van der Waals surface area contributed by atoms with Crippen LogP contribution in [-0.4, -0.2) is 107 Å². The summed E-state index contributed by atoms with van der Waals surface area (Å²) in [7, 11) is 6.24. The van der Waals surface area contributed by atoms with Crippen LogP contribution in [0.3, 0.4) is 0 Å². The summed E-state index contributed by atoms with van der Waals surface area (Å²) in [6.07, 6.45) is -2.74. The van der Waals surface area contributed by atoms with Crippen LogP contribution in [0.15, 0.2) is 28.7 Å². The number of phenolic OH excluding ortho intramolecular Hbond substituents is 1. The number of nitrogens with one attached hydrogen (secondary N) is 1. The van der Waals surface area contributed by atoms with Crippen LogP contribution >= 0.6 is 0 Å². The Balaban J connectivity index is 1.92. The molecular formula is C29H38N4O10. The molecule has 8 N–H and O–H groups in total. The molecule has 0 aliphatic heterocycles. The van der Waals surface area contributed by atoms with Gasteiger partial charge in [-0.3, -0.25) is 24.6 Å². The molecule has 0 saturated heterocycles. The van der Waals surface area contributed by atoms with Crippen LogP contribution in [0.25, 0.3) is 0 Å². The zero-order valence-corrected chi connectivity index (χ0v) is 25.1. The van der Waals surface area contributed by atoms with E-state index >= 15 is 0 Å². The minimum atomic E-state index is -3.02. The average Bonchev–Trinajstić information content (AvgIpc) is 2.88. The van der Waals surface area contributed by atoms with E-state index in [1.54, 1.807) is 19.0 Å². The summed E-state index contributed by atoms with van der Waals surface area (Å²) in [6.45, 7) is 5.63. The highest BCUT2D eigenvalue weighted by Gasteiger charge is 2.66. The van der Waals surface area contributed by atoms with Gasteiger partial charge in [-0.1, -0.05) is 20.8 Å². The molecule has 5 atom stereocenters. The molecule has 0 fully saturated rings. The summed E-state index contributed by atoms with van der Waals surface area (Å²) >= 11 is 0. The average molecular weight is 603 g/mol. The minimum absolute atomic E-state index is 0.0589. The van der Waals surface area contributed by atoms with Crippen LogP contribution in [0.5, 0.6) is 5.75 Å². The molecule has 14 nitrogen and oxygen atoms in total. The Morgan fingerprint density at radius 3 is 2.26 bits per heavy atom. The monoisotopic (exact) mass is 602 g/mol. The number of aliphatic hydroxyl groups excluding tert-OH is 3. The van der Waals surface area contributed by atoms with Gasteiger partial charge in [0.05, 0.1) is 35.9 Å². The fourth-order valence-electron chi connectivity index (χ4n) is 6.23. The molecule has 234 valence electrons. The van der Waals surface area contributed by atoms with Crippen molar-refractivity contribution in [2.24, 2.45) is 23.0 Å². The number of rotatable bonds is 5. The number of Topliss-reactive ketones (excluding diaryl/α,β-unsaturated/α-hetero) is 2. The lowest BCUT2D eigenvalue weighted by molar-refractivity contribution is -0.161. The fourth-order valence-corrected chi connectivity index (χ4v) is 6.23. The number of primary amides is 1. The molecule has 0 spiro atoms. The molecule has 0 radical (unpaired) electrons. The largest absolute Gasteiger partial charge is 0.510 e. The van der Waals surface area contributed by atoms with Gasteiger partial charge in [0.1, 0.15) is 17.1 Å². The Bertz CT molecular complexity index is 1490. The molecule has 0 heterocycles. The van der Waals surface area contributed by atoms with Crippen molar-refractivity contribution < 1.29 is 49.4 Å². The number of aliphatic hydroxyl groups is 4. The first-order chi connectivity index (χ1) is 19.7. The number of carbonyl (C=O) groups is 4. The van der Waals surface area contributed by atoms with Gasteiger partial charge in [-0.15, -0.1) is 0 Å². The third kappa shape index (κ3) is 4.88. The third-order valence-electron chi connectivity index (χ3n) is 8.14. The summed E-state index contributed by atoms with van der Waals surface area (Å²) in [4.78, 5) is 55.2. The molecule has 4 rings (SSSR count). The van der Waals surface area contributed by atoms with Crippen molar-refractivity contribution in [1.82, 2.24) is 4.90 Å². The number of aromatic hydroxyl groups is 1. The summed E-state index contributed by atoms with van der Waals surface area (Å²) in [5.41, 5.74) is 0.610. The number of ketones is 2. The van der Waals surface area contributed by atoms with Gasteiger partial charge in [0, 0.05) is 31.3 Å². The van der Waals surface area contributed by atoms with E-state index in [0.29, 0.717) is 5.69 Å². The molecule has 0 bridgehead atoms. The fraction of sp³-hybridized carbons (Fsp3) is 0.517. The molecule has 0 aromatic heterocycles. The topological polar surface area (TPSA) is 223 Å². The lowest BCUT2D eigenvalue weighted by Gasteiger charge is -2.52. The van der Waals surface area contributed by atoms with Crippen molar-refractivity contribution in [2.75, 3.05) is 45.0 Å². The Morgan fingerprint density at radius 1 is 1.14 bits per heavy atom. The SMILES string of the molecule is CN(C)c1cc(NC(=O)OCC(C)(C)C)c(O)c2c1C[C@@H]1C(=C(O)[C@]3(O)C(=O)C(C(N)=O)=C(O)[C@@H](N(C)C)[C@@H]3[C@H]1O)C2=O. The maximum absolute atomic E-state index is 14.1. The van der Waals surface area contributed by atoms with Crippen molar-refractivity contribution in [1.29, 1.82) is 0 Å². The molecule has 3 aliphatic rings. The Morgan fingerprint density at radius 2 is 1.74 bits per heavy atom. The van der Waals surface area contributed by atoms with Gasteiger partial charge >= 0.3 is 6.09 Å². The van der Waals surface area contributed by atoms with Crippen molar-refractivity contribution in [2.45, 2.75) is 44.9 Å². The molecule has 43 heavy (non-hydrogen) atoms. The van der Waals surface area contributed by atoms with Gasteiger partial charge in [-0.2, -0.15) is 0 Å². The summed E-state index contributed by atoms with van der Waals surface area (Å²) in [5, 5.41) is 59.5. The normalized spacial score (nSPS) is 27.0. The first-order valence-corrected chi connectivity index (χ1v) is 13.6. The van der Waals surface area contributed by atoms with E-state index in [-0.39, 0.29) is 35.3 Å². The van der Waals surface area contributed by atoms with Crippen LogP contribution < -0.4 is 16.0 Å². The lowest BCUT2D eigenvalue weighted by Crippen LogP contribution is -2.68. The van der Waals surface area contributed by atoms with E-state index in [0.717, 1.165) is 0 Å². The van der Waals surface area contributed by atoms with Crippen molar-refractivity contribution >= 4 is 34.9 Å². The number of hydrogen-bond donors (Lipinski definition) is 7. The van der Waals surface area contributed by atoms with Crippen LogP contribution in [0.4, 0.5) is 16.2 Å². The van der Waals surface area contributed by atoms with Gasteiger partial charge in [-0.05, 0) is 37.6 Å².